The SMILES string of the molecule is CC(C)COc1ccc(-c2nnc(CCC(=O)NCc3ccccn3)c(=O)[nH]2)cc1. The number of ether oxygens (including phenoxy) is 1. The lowest BCUT2D eigenvalue weighted by atomic mass is 10.2. The summed E-state index contributed by atoms with van der Waals surface area (Å²) < 4.78 is 5.65. The maximum Gasteiger partial charge on any atom is 0.273 e. The van der Waals surface area contributed by atoms with Crippen LogP contribution in [0.15, 0.2) is 53.5 Å². The Labute approximate surface area is 174 Å². The molecular formula is C22H25N5O3. The van der Waals surface area contributed by atoms with Gasteiger partial charge in [-0.25, -0.2) is 0 Å². The molecule has 3 rings (SSSR count). The first-order valence-corrected chi connectivity index (χ1v) is 9.87. The molecule has 1 amide bonds. The Balaban J connectivity index is 1.54. The molecule has 2 heterocycles. The number of hydrogen-bond acceptors (Lipinski definition) is 6. The number of rotatable bonds is 9. The quantitative estimate of drug-likeness (QED) is 0.564. The van der Waals surface area contributed by atoms with Gasteiger partial charge in [-0.15, -0.1) is 10.2 Å². The summed E-state index contributed by atoms with van der Waals surface area (Å²) in [5.41, 5.74) is 1.38. The molecule has 0 saturated heterocycles. The lowest BCUT2D eigenvalue weighted by Gasteiger charge is -2.09. The van der Waals surface area contributed by atoms with Gasteiger partial charge in [0.05, 0.1) is 18.8 Å². The average molecular weight is 407 g/mol. The largest absolute Gasteiger partial charge is 0.493 e. The zero-order valence-corrected chi connectivity index (χ0v) is 17.1. The number of aromatic nitrogens is 4. The van der Waals surface area contributed by atoms with Crippen LogP contribution in [0.5, 0.6) is 5.75 Å². The van der Waals surface area contributed by atoms with Crippen LogP contribution in [0.25, 0.3) is 11.4 Å². The first-order valence-electron chi connectivity index (χ1n) is 9.87. The Morgan fingerprint density at radius 3 is 2.60 bits per heavy atom. The van der Waals surface area contributed by atoms with E-state index in [1.807, 2.05) is 42.5 Å². The minimum absolute atomic E-state index is 0.145. The van der Waals surface area contributed by atoms with E-state index in [-0.39, 0.29) is 30.0 Å². The van der Waals surface area contributed by atoms with Gasteiger partial charge in [-0.05, 0) is 42.3 Å². The summed E-state index contributed by atoms with van der Waals surface area (Å²) in [7, 11) is 0. The molecule has 1 aromatic carbocycles. The standard InChI is InChI=1S/C22H25N5O3/c1-15(2)14-30-18-8-6-16(7-9-18)21-25-22(29)19(26-27-21)10-11-20(28)24-13-17-5-3-4-12-23-17/h3-9,12,15H,10-11,13-14H2,1-2H3,(H,24,28)(H,25,27,29). The minimum atomic E-state index is -0.349. The van der Waals surface area contributed by atoms with Crippen molar-refractivity contribution >= 4 is 5.91 Å². The van der Waals surface area contributed by atoms with E-state index >= 15 is 0 Å². The molecule has 0 aliphatic rings. The number of aryl methyl sites for hydroxylation is 1. The predicted octanol–water partition coefficient (Wildman–Crippen LogP) is 2.51. The number of hydrogen-bond donors (Lipinski definition) is 2. The van der Waals surface area contributed by atoms with Gasteiger partial charge in [-0.2, -0.15) is 0 Å². The van der Waals surface area contributed by atoms with Gasteiger partial charge in [0.1, 0.15) is 11.4 Å². The third-order valence-electron chi connectivity index (χ3n) is 4.26. The first kappa shape index (κ1) is 21.2. The summed E-state index contributed by atoms with van der Waals surface area (Å²) in [5.74, 6) is 1.40. The van der Waals surface area contributed by atoms with E-state index < -0.39 is 0 Å². The number of aromatic amines is 1. The maximum absolute atomic E-state index is 12.3. The third-order valence-corrected chi connectivity index (χ3v) is 4.26. The van der Waals surface area contributed by atoms with E-state index in [1.54, 1.807) is 6.20 Å². The van der Waals surface area contributed by atoms with Crippen LogP contribution in [0.2, 0.25) is 0 Å². The highest BCUT2D eigenvalue weighted by Gasteiger charge is 2.10. The van der Waals surface area contributed by atoms with Crippen molar-refractivity contribution < 1.29 is 9.53 Å². The van der Waals surface area contributed by atoms with Gasteiger partial charge in [-0.3, -0.25) is 14.6 Å². The van der Waals surface area contributed by atoms with Crippen LogP contribution in [-0.2, 0) is 17.8 Å². The molecular weight excluding hydrogens is 382 g/mol. The van der Waals surface area contributed by atoms with Crippen LogP contribution < -0.4 is 15.6 Å². The molecule has 0 radical (unpaired) electrons. The Kier molecular flexibility index (Phi) is 7.26. The number of H-pyrrole nitrogens is 1. The van der Waals surface area contributed by atoms with Gasteiger partial charge in [-0.1, -0.05) is 19.9 Å². The van der Waals surface area contributed by atoms with Crippen LogP contribution >= 0.6 is 0 Å². The Hall–Kier alpha value is -3.55. The van der Waals surface area contributed by atoms with E-state index in [0.717, 1.165) is 17.0 Å². The van der Waals surface area contributed by atoms with Crippen LogP contribution in [-0.4, -0.2) is 32.7 Å². The highest BCUT2D eigenvalue weighted by molar-refractivity contribution is 5.76. The molecule has 0 saturated carbocycles. The van der Waals surface area contributed by atoms with Crippen molar-refractivity contribution in [2.24, 2.45) is 5.92 Å². The van der Waals surface area contributed by atoms with Crippen molar-refractivity contribution in [3.05, 3.63) is 70.4 Å². The molecule has 2 aromatic heterocycles. The Morgan fingerprint density at radius 2 is 1.93 bits per heavy atom. The first-order chi connectivity index (χ1) is 14.5. The molecule has 8 nitrogen and oxygen atoms in total. The Bertz CT molecular complexity index is 1020. The van der Waals surface area contributed by atoms with Crippen molar-refractivity contribution in [3.8, 4) is 17.1 Å². The molecule has 0 fully saturated rings. The van der Waals surface area contributed by atoms with Gasteiger partial charge in [0.2, 0.25) is 5.91 Å². The molecule has 0 aliphatic carbocycles. The number of amides is 1. The maximum atomic E-state index is 12.3. The lowest BCUT2D eigenvalue weighted by Crippen LogP contribution is -2.25. The number of nitrogens with zero attached hydrogens (tertiary/aromatic N) is 3. The van der Waals surface area contributed by atoms with Gasteiger partial charge in [0, 0.05) is 24.6 Å². The van der Waals surface area contributed by atoms with Crippen LogP contribution in [0.1, 0.15) is 31.7 Å². The van der Waals surface area contributed by atoms with Crippen molar-refractivity contribution in [1.29, 1.82) is 0 Å². The van der Waals surface area contributed by atoms with Crippen molar-refractivity contribution in [3.63, 3.8) is 0 Å². The van der Waals surface area contributed by atoms with Crippen LogP contribution in [0.4, 0.5) is 0 Å². The topological polar surface area (TPSA) is 110 Å². The summed E-state index contributed by atoms with van der Waals surface area (Å²) >= 11 is 0. The molecule has 0 aliphatic heterocycles. The second kappa shape index (κ2) is 10.3. The van der Waals surface area contributed by atoms with Gasteiger partial charge < -0.3 is 15.0 Å². The molecule has 0 unspecified atom stereocenters. The normalized spacial score (nSPS) is 10.8. The fourth-order valence-electron chi connectivity index (χ4n) is 2.64. The summed E-state index contributed by atoms with van der Waals surface area (Å²) in [6.45, 7) is 5.15. The fourth-order valence-corrected chi connectivity index (χ4v) is 2.64. The van der Waals surface area contributed by atoms with E-state index in [4.69, 9.17) is 4.74 Å². The zero-order valence-electron chi connectivity index (χ0n) is 17.1. The third kappa shape index (κ3) is 6.23. The fraction of sp³-hybridized carbons (Fsp3) is 0.318. The molecule has 30 heavy (non-hydrogen) atoms. The number of nitrogens with one attached hydrogen (secondary N) is 2. The summed E-state index contributed by atoms with van der Waals surface area (Å²) in [4.78, 5) is 31.2. The molecule has 8 heteroatoms. The minimum Gasteiger partial charge on any atom is -0.493 e. The highest BCUT2D eigenvalue weighted by atomic mass is 16.5. The zero-order chi connectivity index (χ0) is 21.3. The highest BCUT2D eigenvalue weighted by Crippen LogP contribution is 2.18. The van der Waals surface area contributed by atoms with E-state index in [0.29, 0.717) is 24.9 Å². The second-order valence-electron chi connectivity index (χ2n) is 7.28. The van der Waals surface area contributed by atoms with Gasteiger partial charge >= 0.3 is 0 Å². The number of carbonyl (C=O) groups is 1. The van der Waals surface area contributed by atoms with Gasteiger partial charge in [0.15, 0.2) is 5.82 Å². The van der Waals surface area contributed by atoms with E-state index in [1.165, 1.54) is 0 Å². The summed E-state index contributed by atoms with van der Waals surface area (Å²) in [6.07, 6.45) is 2.02. The second-order valence-corrected chi connectivity index (χ2v) is 7.28. The Morgan fingerprint density at radius 1 is 1.13 bits per heavy atom. The number of pyridine rings is 1. The summed E-state index contributed by atoms with van der Waals surface area (Å²) in [6, 6.07) is 12.8. The molecule has 0 atom stereocenters. The van der Waals surface area contributed by atoms with E-state index in [9.17, 15) is 9.59 Å². The molecule has 3 aromatic rings. The number of carbonyl (C=O) groups excluding carboxylic acids is 1. The number of benzene rings is 1. The van der Waals surface area contributed by atoms with Gasteiger partial charge in [0.25, 0.3) is 5.56 Å². The monoisotopic (exact) mass is 407 g/mol. The van der Waals surface area contributed by atoms with E-state index in [2.05, 4.69) is 39.3 Å². The molecule has 2 N–H and O–H groups in total. The predicted molar refractivity (Wildman–Crippen MR) is 113 cm³/mol. The average Bonchev–Trinajstić information content (AvgIpc) is 2.76. The molecule has 0 bridgehead atoms. The lowest BCUT2D eigenvalue weighted by molar-refractivity contribution is -0.121. The molecule has 0 spiro atoms. The van der Waals surface area contributed by atoms with Crippen LogP contribution in [0, 0.1) is 5.92 Å². The van der Waals surface area contributed by atoms with Crippen molar-refractivity contribution in [2.45, 2.75) is 33.2 Å². The van der Waals surface area contributed by atoms with Crippen molar-refractivity contribution in [1.82, 2.24) is 25.5 Å². The molecule has 156 valence electrons. The van der Waals surface area contributed by atoms with Crippen LogP contribution in [0.3, 0.4) is 0 Å². The summed E-state index contributed by atoms with van der Waals surface area (Å²) in [5, 5.41) is 10.9. The smallest absolute Gasteiger partial charge is 0.273 e. The van der Waals surface area contributed by atoms with Crippen molar-refractivity contribution in [2.75, 3.05) is 6.61 Å².